The van der Waals surface area contributed by atoms with Gasteiger partial charge >= 0.3 is 0 Å². The number of hydrogen-bond acceptors (Lipinski definition) is 5. The molecular weight excluding hydrogens is 226 g/mol. The van der Waals surface area contributed by atoms with Gasteiger partial charge < -0.3 is 15.5 Å². The molecule has 0 aromatic carbocycles. The third kappa shape index (κ3) is 3.57. The lowest BCUT2D eigenvalue weighted by molar-refractivity contribution is 0.597. The van der Waals surface area contributed by atoms with E-state index in [1.807, 2.05) is 6.07 Å². The second-order valence-electron chi connectivity index (χ2n) is 5.23. The van der Waals surface area contributed by atoms with Gasteiger partial charge in [-0.25, -0.2) is 9.97 Å². The van der Waals surface area contributed by atoms with Gasteiger partial charge in [-0.05, 0) is 33.2 Å². The molecule has 1 saturated heterocycles. The SMILES string of the molecule is CC(C)Nc1cc(N(C)CC2CCCN2)ncn1. The summed E-state index contributed by atoms with van der Waals surface area (Å²) in [4.78, 5) is 10.8. The molecule has 0 aliphatic carbocycles. The van der Waals surface area contributed by atoms with Crippen LogP contribution in [0.15, 0.2) is 12.4 Å². The molecule has 2 N–H and O–H groups in total. The van der Waals surface area contributed by atoms with Crippen LogP contribution in [0.3, 0.4) is 0 Å². The number of rotatable bonds is 5. The first kappa shape index (κ1) is 13.1. The molecule has 1 unspecified atom stereocenters. The summed E-state index contributed by atoms with van der Waals surface area (Å²) in [5.41, 5.74) is 0. The molecule has 1 fully saturated rings. The van der Waals surface area contributed by atoms with E-state index in [-0.39, 0.29) is 0 Å². The zero-order valence-corrected chi connectivity index (χ0v) is 11.5. The van der Waals surface area contributed by atoms with Gasteiger partial charge in [0.15, 0.2) is 0 Å². The summed E-state index contributed by atoms with van der Waals surface area (Å²) in [6, 6.07) is 2.98. The molecule has 1 aliphatic rings. The molecule has 1 aliphatic heterocycles. The van der Waals surface area contributed by atoms with Crippen molar-refractivity contribution in [2.45, 2.75) is 38.8 Å². The summed E-state index contributed by atoms with van der Waals surface area (Å²) in [5.74, 6) is 1.86. The van der Waals surface area contributed by atoms with Crippen LogP contribution in [-0.4, -0.2) is 42.2 Å². The molecule has 2 heterocycles. The highest BCUT2D eigenvalue weighted by molar-refractivity contribution is 5.48. The highest BCUT2D eigenvalue weighted by Crippen LogP contribution is 2.15. The Bertz CT molecular complexity index is 373. The number of hydrogen-bond donors (Lipinski definition) is 2. The van der Waals surface area contributed by atoms with Gasteiger partial charge in [0, 0.05) is 31.7 Å². The first-order valence-corrected chi connectivity index (χ1v) is 6.68. The largest absolute Gasteiger partial charge is 0.368 e. The van der Waals surface area contributed by atoms with E-state index in [9.17, 15) is 0 Å². The van der Waals surface area contributed by atoms with Crippen LogP contribution in [0.25, 0.3) is 0 Å². The molecular formula is C13H23N5. The molecule has 5 nitrogen and oxygen atoms in total. The number of likely N-dealkylation sites (N-methyl/N-ethyl adjacent to an activating group) is 1. The average Bonchev–Trinajstić information content (AvgIpc) is 2.81. The molecule has 1 aromatic rings. The highest BCUT2D eigenvalue weighted by atomic mass is 15.2. The predicted octanol–water partition coefficient (Wildman–Crippen LogP) is 1.49. The molecule has 0 amide bonds. The molecule has 0 spiro atoms. The van der Waals surface area contributed by atoms with E-state index < -0.39 is 0 Å². The molecule has 1 atom stereocenters. The first-order chi connectivity index (χ1) is 8.65. The van der Waals surface area contributed by atoms with Crippen LogP contribution in [0, 0.1) is 0 Å². The van der Waals surface area contributed by atoms with Gasteiger partial charge in [0.2, 0.25) is 0 Å². The minimum Gasteiger partial charge on any atom is -0.368 e. The monoisotopic (exact) mass is 249 g/mol. The Morgan fingerprint density at radius 3 is 3.00 bits per heavy atom. The van der Waals surface area contributed by atoms with Crippen molar-refractivity contribution in [3.63, 3.8) is 0 Å². The van der Waals surface area contributed by atoms with Gasteiger partial charge in [-0.1, -0.05) is 0 Å². The lowest BCUT2D eigenvalue weighted by Gasteiger charge is -2.22. The van der Waals surface area contributed by atoms with Crippen LogP contribution in [0.2, 0.25) is 0 Å². The minimum atomic E-state index is 0.384. The van der Waals surface area contributed by atoms with Gasteiger partial charge in [-0.15, -0.1) is 0 Å². The Morgan fingerprint density at radius 2 is 2.33 bits per heavy atom. The summed E-state index contributed by atoms with van der Waals surface area (Å²) < 4.78 is 0. The molecule has 2 rings (SSSR count). The number of aromatic nitrogens is 2. The van der Waals surface area contributed by atoms with E-state index in [0.29, 0.717) is 12.1 Å². The molecule has 0 radical (unpaired) electrons. The van der Waals surface area contributed by atoms with Crippen molar-refractivity contribution in [2.75, 3.05) is 30.4 Å². The topological polar surface area (TPSA) is 53.1 Å². The number of nitrogens with one attached hydrogen (secondary N) is 2. The fourth-order valence-corrected chi connectivity index (χ4v) is 2.27. The summed E-state index contributed by atoms with van der Waals surface area (Å²) in [5, 5.41) is 6.80. The fraction of sp³-hybridized carbons (Fsp3) is 0.692. The third-order valence-corrected chi connectivity index (χ3v) is 3.14. The second-order valence-corrected chi connectivity index (χ2v) is 5.23. The predicted molar refractivity (Wildman–Crippen MR) is 75.1 cm³/mol. The highest BCUT2D eigenvalue weighted by Gasteiger charge is 2.16. The maximum Gasteiger partial charge on any atom is 0.133 e. The van der Waals surface area contributed by atoms with E-state index in [2.05, 4.69) is 46.4 Å². The quantitative estimate of drug-likeness (QED) is 0.828. The number of anilines is 2. The van der Waals surface area contributed by atoms with Crippen molar-refractivity contribution in [2.24, 2.45) is 0 Å². The van der Waals surface area contributed by atoms with E-state index in [1.54, 1.807) is 6.33 Å². The lowest BCUT2D eigenvalue weighted by Crippen LogP contribution is -2.35. The van der Waals surface area contributed by atoms with Crippen LogP contribution < -0.4 is 15.5 Å². The Morgan fingerprint density at radius 1 is 1.50 bits per heavy atom. The standard InChI is InChI=1S/C13H23N5/c1-10(2)17-12-7-13(16-9-15-12)18(3)8-11-5-4-6-14-11/h7,9-11,14H,4-6,8H2,1-3H3,(H,15,16,17). The summed E-state index contributed by atoms with van der Waals surface area (Å²) >= 11 is 0. The van der Waals surface area contributed by atoms with Crippen molar-refractivity contribution < 1.29 is 0 Å². The molecule has 0 saturated carbocycles. The molecule has 18 heavy (non-hydrogen) atoms. The number of nitrogens with zero attached hydrogens (tertiary/aromatic N) is 3. The van der Waals surface area contributed by atoms with Gasteiger partial charge in [-0.3, -0.25) is 0 Å². The zero-order valence-electron chi connectivity index (χ0n) is 11.5. The van der Waals surface area contributed by atoms with Crippen LogP contribution in [0.4, 0.5) is 11.6 Å². The Labute approximate surface area is 109 Å². The lowest BCUT2D eigenvalue weighted by atomic mass is 10.2. The molecule has 0 bridgehead atoms. The first-order valence-electron chi connectivity index (χ1n) is 6.68. The van der Waals surface area contributed by atoms with Gasteiger partial charge in [0.25, 0.3) is 0 Å². The minimum absolute atomic E-state index is 0.384. The summed E-state index contributed by atoms with van der Waals surface area (Å²) in [6.45, 7) is 6.35. The Kier molecular flexibility index (Phi) is 4.36. The van der Waals surface area contributed by atoms with E-state index in [1.165, 1.54) is 12.8 Å². The van der Waals surface area contributed by atoms with Crippen LogP contribution in [0.1, 0.15) is 26.7 Å². The van der Waals surface area contributed by atoms with Gasteiger partial charge in [0.05, 0.1) is 0 Å². The maximum atomic E-state index is 4.34. The third-order valence-electron chi connectivity index (χ3n) is 3.14. The average molecular weight is 249 g/mol. The Hall–Kier alpha value is -1.36. The summed E-state index contributed by atoms with van der Waals surface area (Å²) in [7, 11) is 2.08. The van der Waals surface area contributed by atoms with Crippen molar-refractivity contribution in [3.05, 3.63) is 12.4 Å². The van der Waals surface area contributed by atoms with Crippen LogP contribution in [0.5, 0.6) is 0 Å². The van der Waals surface area contributed by atoms with E-state index in [0.717, 1.165) is 24.7 Å². The molecule has 1 aromatic heterocycles. The van der Waals surface area contributed by atoms with Crippen LogP contribution in [-0.2, 0) is 0 Å². The smallest absolute Gasteiger partial charge is 0.133 e. The second kappa shape index (κ2) is 6.00. The molecule has 100 valence electrons. The van der Waals surface area contributed by atoms with Crippen molar-refractivity contribution in [3.8, 4) is 0 Å². The van der Waals surface area contributed by atoms with Crippen molar-refractivity contribution >= 4 is 11.6 Å². The van der Waals surface area contributed by atoms with Crippen LogP contribution >= 0.6 is 0 Å². The maximum absolute atomic E-state index is 4.34. The van der Waals surface area contributed by atoms with E-state index >= 15 is 0 Å². The fourth-order valence-electron chi connectivity index (χ4n) is 2.27. The van der Waals surface area contributed by atoms with Crippen molar-refractivity contribution in [1.29, 1.82) is 0 Å². The van der Waals surface area contributed by atoms with Crippen molar-refractivity contribution in [1.82, 2.24) is 15.3 Å². The molecule has 5 heteroatoms. The Balaban J connectivity index is 1.98. The van der Waals surface area contributed by atoms with Gasteiger partial charge in [0.1, 0.15) is 18.0 Å². The summed E-state index contributed by atoms with van der Waals surface area (Å²) in [6.07, 6.45) is 4.16. The van der Waals surface area contributed by atoms with Gasteiger partial charge in [-0.2, -0.15) is 0 Å². The van der Waals surface area contributed by atoms with E-state index in [4.69, 9.17) is 0 Å². The normalized spacial score (nSPS) is 19.2. The zero-order chi connectivity index (χ0) is 13.0.